The average molecular weight is 204 g/mol. The molecule has 2 nitrogen and oxygen atoms in total. The monoisotopic (exact) mass is 204 g/mol. The first kappa shape index (κ1) is 10.2. The molecule has 0 heterocycles. The standard InChI is InChI=1S/C13H16O2/c1-15-13-6-5-11(9-14)8-12(13)7-10-3-2-4-10/h5-6,8-10H,2-4,7H2,1H3. The van der Waals surface area contributed by atoms with Gasteiger partial charge in [0.25, 0.3) is 0 Å². The van der Waals surface area contributed by atoms with Gasteiger partial charge in [0.05, 0.1) is 7.11 Å². The first-order valence-electron chi connectivity index (χ1n) is 5.45. The fourth-order valence-corrected chi connectivity index (χ4v) is 2.04. The van der Waals surface area contributed by atoms with Crippen LogP contribution < -0.4 is 4.74 Å². The predicted octanol–water partition coefficient (Wildman–Crippen LogP) is 2.85. The van der Waals surface area contributed by atoms with Crippen molar-refractivity contribution in [1.29, 1.82) is 0 Å². The Kier molecular flexibility index (Phi) is 3.05. The Morgan fingerprint density at radius 3 is 2.80 bits per heavy atom. The topological polar surface area (TPSA) is 26.3 Å². The molecular formula is C13H16O2. The fourth-order valence-electron chi connectivity index (χ4n) is 2.04. The molecule has 0 saturated heterocycles. The molecule has 1 saturated carbocycles. The zero-order chi connectivity index (χ0) is 10.7. The van der Waals surface area contributed by atoms with E-state index in [1.54, 1.807) is 13.2 Å². The molecule has 1 aromatic carbocycles. The van der Waals surface area contributed by atoms with Gasteiger partial charge in [-0.25, -0.2) is 0 Å². The summed E-state index contributed by atoms with van der Waals surface area (Å²) in [5.74, 6) is 1.70. The number of methoxy groups -OCH3 is 1. The number of hydrogen-bond donors (Lipinski definition) is 0. The molecule has 15 heavy (non-hydrogen) atoms. The SMILES string of the molecule is COc1ccc(C=O)cc1CC1CCC1. The molecule has 0 atom stereocenters. The van der Waals surface area contributed by atoms with Crippen molar-refractivity contribution in [2.75, 3.05) is 7.11 Å². The van der Waals surface area contributed by atoms with Gasteiger partial charge < -0.3 is 4.74 Å². The summed E-state index contributed by atoms with van der Waals surface area (Å²) >= 11 is 0. The second-order valence-corrected chi connectivity index (χ2v) is 4.19. The lowest BCUT2D eigenvalue weighted by Gasteiger charge is -2.26. The van der Waals surface area contributed by atoms with Crippen molar-refractivity contribution >= 4 is 6.29 Å². The van der Waals surface area contributed by atoms with Crippen LogP contribution >= 0.6 is 0 Å². The Labute approximate surface area is 90.3 Å². The van der Waals surface area contributed by atoms with Crippen LogP contribution in [0.15, 0.2) is 18.2 Å². The van der Waals surface area contributed by atoms with Crippen LogP contribution in [0.4, 0.5) is 0 Å². The van der Waals surface area contributed by atoms with Gasteiger partial charge >= 0.3 is 0 Å². The molecule has 0 amide bonds. The lowest BCUT2D eigenvalue weighted by atomic mass is 9.80. The van der Waals surface area contributed by atoms with Crippen LogP contribution in [0, 0.1) is 5.92 Å². The first-order chi connectivity index (χ1) is 7.33. The molecule has 0 aliphatic heterocycles. The zero-order valence-corrected chi connectivity index (χ0v) is 9.03. The quantitative estimate of drug-likeness (QED) is 0.705. The maximum atomic E-state index is 10.7. The molecule has 2 heteroatoms. The Morgan fingerprint density at radius 2 is 2.27 bits per heavy atom. The molecule has 0 aromatic heterocycles. The summed E-state index contributed by atoms with van der Waals surface area (Å²) in [4.78, 5) is 10.7. The van der Waals surface area contributed by atoms with E-state index in [1.165, 1.54) is 24.8 Å². The van der Waals surface area contributed by atoms with Gasteiger partial charge in [0.1, 0.15) is 12.0 Å². The van der Waals surface area contributed by atoms with Gasteiger partial charge in [-0.1, -0.05) is 19.3 Å². The normalized spacial score (nSPS) is 15.8. The Balaban J connectivity index is 2.20. The van der Waals surface area contributed by atoms with Crippen molar-refractivity contribution in [3.05, 3.63) is 29.3 Å². The summed E-state index contributed by atoms with van der Waals surface area (Å²) < 4.78 is 5.30. The van der Waals surface area contributed by atoms with E-state index in [0.29, 0.717) is 0 Å². The minimum Gasteiger partial charge on any atom is -0.496 e. The molecule has 0 bridgehead atoms. The number of ether oxygens (including phenoxy) is 1. The number of benzene rings is 1. The number of carbonyl (C=O) groups excluding carboxylic acids is 1. The van der Waals surface area contributed by atoms with E-state index >= 15 is 0 Å². The number of hydrogen-bond acceptors (Lipinski definition) is 2. The van der Waals surface area contributed by atoms with E-state index in [2.05, 4.69) is 0 Å². The highest BCUT2D eigenvalue weighted by Gasteiger charge is 2.19. The number of carbonyl (C=O) groups is 1. The maximum absolute atomic E-state index is 10.7. The molecule has 0 spiro atoms. The highest BCUT2D eigenvalue weighted by Crippen LogP contribution is 2.32. The fraction of sp³-hybridized carbons (Fsp3) is 0.462. The molecule has 1 fully saturated rings. The second-order valence-electron chi connectivity index (χ2n) is 4.19. The van der Waals surface area contributed by atoms with Crippen LogP contribution in [0.5, 0.6) is 5.75 Å². The smallest absolute Gasteiger partial charge is 0.150 e. The van der Waals surface area contributed by atoms with Crippen LogP contribution in [0.25, 0.3) is 0 Å². The van der Waals surface area contributed by atoms with Crippen LogP contribution in [0.2, 0.25) is 0 Å². The third-order valence-electron chi connectivity index (χ3n) is 3.17. The third-order valence-corrected chi connectivity index (χ3v) is 3.17. The molecule has 80 valence electrons. The van der Waals surface area contributed by atoms with E-state index in [4.69, 9.17) is 4.74 Å². The van der Waals surface area contributed by atoms with Gasteiger partial charge in [-0.3, -0.25) is 4.79 Å². The van der Waals surface area contributed by atoms with Crippen LogP contribution in [-0.2, 0) is 6.42 Å². The van der Waals surface area contributed by atoms with Gasteiger partial charge in [0, 0.05) is 5.56 Å². The third kappa shape index (κ3) is 2.20. The largest absolute Gasteiger partial charge is 0.496 e. The van der Waals surface area contributed by atoms with Crippen molar-refractivity contribution in [1.82, 2.24) is 0 Å². The minimum absolute atomic E-state index is 0.741. The summed E-state index contributed by atoms with van der Waals surface area (Å²) in [7, 11) is 1.68. The summed E-state index contributed by atoms with van der Waals surface area (Å²) in [5.41, 5.74) is 1.91. The molecule has 2 rings (SSSR count). The van der Waals surface area contributed by atoms with Crippen LogP contribution in [0.1, 0.15) is 35.2 Å². The van der Waals surface area contributed by atoms with Crippen LogP contribution in [0.3, 0.4) is 0 Å². The summed E-state index contributed by atoms with van der Waals surface area (Å²) in [6, 6.07) is 5.64. The summed E-state index contributed by atoms with van der Waals surface area (Å²) in [5, 5.41) is 0. The summed E-state index contributed by atoms with van der Waals surface area (Å²) in [6.07, 6.45) is 5.91. The Hall–Kier alpha value is -1.31. The van der Waals surface area contributed by atoms with Gasteiger partial charge in [-0.15, -0.1) is 0 Å². The van der Waals surface area contributed by atoms with Crippen molar-refractivity contribution in [3.63, 3.8) is 0 Å². The van der Waals surface area contributed by atoms with Crippen LogP contribution in [-0.4, -0.2) is 13.4 Å². The van der Waals surface area contributed by atoms with E-state index in [9.17, 15) is 4.79 Å². The molecule has 1 aliphatic rings. The number of aldehydes is 1. The first-order valence-corrected chi connectivity index (χ1v) is 5.45. The summed E-state index contributed by atoms with van der Waals surface area (Å²) in [6.45, 7) is 0. The van der Waals surface area contributed by atoms with Gasteiger partial charge in [0.15, 0.2) is 0 Å². The average Bonchev–Trinajstić information content (AvgIpc) is 2.23. The molecular weight excluding hydrogens is 188 g/mol. The van der Waals surface area contributed by atoms with Gasteiger partial charge in [0.2, 0.25) is 0 Å². The van der Waals surface area contributed by atoms with E-state index in [-0.39, 0.29) is 0 Å². The highest BCUT2D eigenvalue weighted by molar-refractivity contribution is 5.75. The Bertz CT molecular complexity index is 354. The Morgan fingerprint density at radius 1 is 1.47 bits per heavy atom. The van der Waals surface area contributed by atoms with Gasteiger partial charge in [-0.2, -0.15) is 0 Å². The van der Waals surface area contributed by atoms with E-state index < -0.39 is 0 Å². The molecule has 1 aliphatic carbocycles. The van der Waals surface area contributed by atoms with Crippen molar-refractivity contribution in [3.8, 4) is 5.75 Å². The van der Waals surface area contributed by atoms with Gasteiger partial charge in [-0.05, 0) is 36.1 Å². The zero-order valence-electron chi connectivity index (χ0n) is 9.03. The molecule has 0 N–H and O–H groups in total. The molecule has 1 aromatic rings. The highest BCUT2D eigenvalue weighted by atomic mass is 16.5. The number of rotatable bonds is 4. The molecule has 0 unspecified atom stereocenters. The second kappa shape index (κ2) is 4.47. The maximum Gasteiger partial charge on any atom is 0.150 e. The van der Waals surface area contributed by atoms with Crippen molar-refractivity contribution < 1.29 is 9.53 Å². The lowest BCUT2D eigenvalue weighted by molar-refractivity contribution is 0.112. The van der Waals surface area contributed by atoms with Crippen molar-refractivity contribution in [2.45, 2.75) is 25.7 Å². The minimum atomic E-state index is 0.741. The van der Waals surface area contributed by atoms with E-state index in [1.807, 2.05) is 12.1 Å². The van der Waals surface area contributed by atoms with Crippen molar-refractivity contribution in [2.24, 2.45) is 5.92 Å². The predicted molar refractivity (Wildman–Crippen MR) is 59.4 cm³/mol. The molecule has 0 radical (unpaired) electrons. The lowest BCUT2D eigenvalue weighted by Crippen LogP contribution is -2.14. The van der Waals surface area contributed by atoms with E-state index in [0.717, 1.165) is 29.9 Å².